The fourth-order valence-electron chi connectivity index (χ4n) is 2.41. The number of imidazole rings is 1. The predicted molar refractivity (Wildman–Crippen MR) is 92.5 cm³/mol. The highest BCUT2D eigenvalue weighted by atomic mass is 15.4. The second kappa shape index (κ2) is 5.64. The average molecular weight is 292 g/mol. The van der Waals surface area contributed by atoms with Crippen LogP contribution >= 0.6 is 0 Å². The van der Waals surface area contributed by atoms with Gasteiger partial charge in [0.2, 0.25) is 5.95 Å². The van der Waals surface area contributed by atoms with Gasteiger partial charge in [0.1, 0.15) is 0 Å². The van der Waals surface area contributed by atoms with E-state index in [1.165, 1.54) is 11.1 Å². The molecule has 0 bridgehead atoms. The molecule has 1 heterocycles. The molecular formula is C18H20N4. The number of fused-ring (bicyclic) bond motifs is 1. The van der Waals surface area contributed by atoms with E-state index in [4.69, 9.17) is 0 Å². The van der Waals surface area contributed by atoms with E-state index >= 15 is 0 Å². The molecule has 0 fully saturated rings. The molecule has 0 amide bonds. The van der Waals surface area contributed by atoms with E-state index in [9.17, 15) is 0 Å². The lowest BCUT2D eigenvalue weighted by Crippen LogP contribution is -2.04. The first-order chi connectivity index (χ1) is 10.6. The summed E-state index contributed by atoms with van der Waals surface area (Å²) in [6.45, 7) is 6.23. The molecule has 4 heteroatoms. The molecule has 3 aromatic rings. The zero-order valence-electron chi connectivity index (χ0n) is 13.4. The van der Waals surface area contributed by atoms with Crippen molar-refractivity contribution in [2.45, 2.75) is 20.8 Å². The fraction of sp³-hybridized carbons (Fsp3) is 0.222. The van der Waals surface area contributed by atoms with Gasteiger partial charge in [-0.05, 0) is 55.7 Å². The SMILES string of the molecule is C/C(=N\Nc1nc2ccccc2n1C)c1ccc(C)c(C)c1. The van der Waals surface area contributed by atoms with Gasteiger partial charge in [-0.2, -0.15) is 5.10 Å². The number of nitrogens with one attached hydrogen (secondary N) is 1. The summed E-state index contributed by atoms with van der Waals surface area (Å²) in [6.07, 6.45) is 0. The molecule has 1 N–H and O–H groups in total. The minimum absolute atomic E-state index is 0.740. The van der Waals surface area contributed by atoms with E-state index < -0.39 is 0 Å². The Morgan fingerprint density at radius 1 is 1.09 bits per heavy atom. The second-order valence-corrected chi connectivity index (χ2v) is 5.59. The third-order valence-corrected chi connectivity index (χ3v) is 4.04. The third-order valence-electron chi connectivity index (χ3n) is 4.04. The Morgan fingerprint density at radius 3 is 2.59 bits per heavy atom. The molecule has 4 nitrogen and oxygen atoms in total. The Balaban J connectivity index is 1.88. The summed E-state index contributed by atoms with van der Waals surface area (Å²) in [4.78, 5) is 4.55. The summed E-state index contributed by atoms with van der Waals surface area (Å²) in [5.41, 5.74) is 9.75. The highest BCUT2D eigenvalue weighted by molar-refractivity contribution is 5.99. The molecule has 112 valence electrons. The topological polar surface area (TPSA) is 42.2 Å². The number of anilines is 1. The van der Waals surface area contributed by atoms with E-state index in [1.54, 1.807) is 0 Å². The monoisotopic (exact) mass is 292 g/mol. The fourth-order valence-corrected chi connectivity index (χ4v) is 2.41. The summed E-state index contributed by atoms with van der Waals surface area (Å²) >= 11 is 0. The van der Waals surface area contributed by atoms with Gasteiger partial charge in [0.15, 0.2) is 0 Å². The number of para-hydroxylation sites is 2. The van der Waals surface area contributed by atoms with Crippen molar-refractivity contribution in [2.24, 2.45) is 12.1 Å². The van der Waals surface area contributed by atoms with E-state index in [-0.39, 0.29) is 0 Å². The third kappa shape index (κ3) is 2.60. The Bertz CT molecular complexity index is 859. The van der Waals surface area contributed by atoms with Gasteiger partial charge in [0, 0.05) is 7.05 Å². The highest BCUT2D eigenvalue weighted by Gasteiger charge is 2.06. The Labute approximate surface area is 130 Å². The van der Waals surface area contributed by atoms with Crippen LogP contribution in [0.15, 0.2) is 47.6 Å². The molecule has 0 unspecified atom stereocenters. The maximum Gasteiger partial charge on any atom is 0.224 e. The predicted octanol–water partition coefficient (Wildman–Crippen LogP) is 4.03. The van der Waals surface area contributed by atoms with Gasteiger partial charge in [-0.25, -0.2) is 10.4 Å². The number of nitrogens with zero attached hydrogens (tertiary/aromatic N) is 3. The minimum atomic E-state index is 0.740. The van der Waals surface area contributed by atoms with Gasteiger partial charge in [-0.15, -0.1) is 0 Å². The number of hydrazone groups is 1. The standard InChI is InChI=1S/C18H20N4/c1-12-9-10-15(11-13(12)2)14(3)20-21-18-19-16-7-5-6-8-17(16)22(18)4/h5-11H,1-4H3,(H,19,21)/b20-14+. The average Bonchev–Trinajstić information content (AvgIpc) is 2.84. The first-order valence-corrected chi connectivity index (χ1v) is 7.35. The van der Waals surface area contributed by atoms with Crippen LogP contribution in [0.25, 0.3) is 11.0 Å². The van der Waals surface area contributed by atoms with Crippen molar-refractivity contribution >= 4 is 22.7 Å². The Kier molecular flexibility index (Phi) is 3.67. The number of hydrogen-bond acceptors (Lipinski definition) is 3. The van der Waals surface area contributed by atoms with Crippen LogP contribution in [0.4, 0.5) is 5.95 Å². The number of aromatic nitrogens is 2. The van der Waals surface area contributed by atoms with Gasteiger partial charge >= 0.3 is 0 Å². The van der Waals surface area contributed by atoms with Gasteiger partial charge in [0.05, 0.1) is 16.7 Å². The molecule has 3 rings (SSSR count). The maximum atomic E-state index is 4.55. The molecule has 2 aromatic carbocycles. The zero-order valence-corrected chi connectivity index (χ0v) is 13.4. The number of aryl methyl sites for hydroxylation is 3. The molecule has 22 heavy (non-hydrogen) atoms. The molecule has 0 saturated heterocycles. The molecule has 0 spiro atoms. The summed E-state index contributed by atoms with van der Waals surface area (Å²) in [7, 11) is 1.98. The van der Waals surface area contributed by atoms with E-state index in [2.05, 4.69) is 47.6 Å². The van der Waals surface area contributed by atoms with Crippen molar-refractivity contribution in [2.75, 3.05) is 5.43 Å². The van der Waals surface area contributed by atoms with Crippen molar-refractivity contribution in [1.29, 1.82) is 0 Å². The van der Waals surface area contributed by atoms with Gasteiger partial charge in [0.25, 0.3) is 0 Å². The van der Waals surface area contributed by atoms with Crippen LogP contribution in [0.5, 0.6) is 0 Å². The number of rotatable bonds is 3. The molecule has 1 aromatic heterocycles. The van der Waals surface area contributed by atoms with Crippen molar-refractivity contribution in [3.63, 3.8) is 0 Å². The normalized spacial score (nSPS) is 11.9. The first-order valence-electron chi connectivity index (χ1n) is 7.35. The van der Waals surface area contributed by atoms with E-state index in [0.717, 1.165) is 28.3 Å². The van der Waals surface area contributed by atoms with Crippen molar-refractivity contribution in [1.82, 2.24) is 9.55 Å². The van der Waals surface area contributed by atoms with Gasteiger partial charge < -0.3 is 4.57 Å². The van der Waals surface area contributed by atoms with E-state index in [1.807, 2.05) is 42.8 Å². The number of hydrogen-bond donors (Lipinski definition) is 1. The van der Waals surface area contributed by atoms with Crippen LogP contribution in [0, 0.1) is 13.8 Å². The number of benzene rings is 2. The second-order valence-electron chi connectivity index (χ2n) is 5.59. The lowest BCUT2D eigenvalue weighted by Gasteiger charge is -2.06. The molecule has 0 atom stereocenters. The smallest absolute Gasteiger partial charge is 0.224 e. The Morgan fingerprint density at radius 2 is 1.86 bits per heavy atom. The van der Waals surface area contributed by atoms with Crippen LogP contribution in [-0.4, -0.2) is 15.3 Å². The van der Waals surface area contributed by atoms with Crippen molar-refractivity contribution in [3.8, 4) is 0 Å². The van der Waals surface area contributed by atoms with Crippen molar-refractivity contribution < 1.29 is 0 Å². The molecule has 0 radical (unpaired) electrons. The lowest BCUT2D eigenvalue weighted by atomic mass is 10.0. The summed E-state index contributed by atoms with van der Waals surface area (Å²) in [5.74, 6) is 0.740. The van der Waals surface area contributed by atoms with Crippen molar-refractivity contribution in [3.05, 3.63) is 59.2 Å². The minimum Gasteiger partial charge on any atom is -0.312 e. The van der Waals surface area contributed by atoms with E-state index in [0.29, 0.717) is 0 Å². The molecular weight excluding hydrogens is 272 g/mol. The van der Waals surface area contributed by atoms with Crippen LogP contribution in [0.3, 0.4) is 0 Å². The molecule has 0 aliphatic rings. The maximum absolute atomic E-state index is 4.55. The van der Waals surface area contributed by atoms with Crippen LogP contribution < -0.4 is 5.43 Å². The first kappa shape index (κ1) is 14.3. The summed E-state index contributed by atoms with van der Waals surface area (Å²) in [5, 5.41) is 4.47. The Hall–Kier alpha value is -2.62. The summed E-state index contributed by atoms with van der Waals surface area (Å²) in [6, 6.07) is 14.4. The van der Waals surface area contributed by atoms with Crippen LogP contribution in [-0.2, 0) is 7.05 Å². The zero-order chi connectivity index (χ0) is 15.7. The summed E-state index contributed by atoms with van der Waals surface area (Å²) < 4.78 is 2.01. The van der Waals surface area contributed by atoms with Crippen LogP contribution in [0.2, 0.25) is 0 Å². The quantitative estimate of drug-likeness (QED) is 0.585. The van der Waals surface area contributed by atoms with Gasteiger partial charge in [-0.1, -0.05) is 24.3 Å². The largest absolute Gasteiger partial charge is 0.312 e. The molecule has 0 saturated carbocycles. The highest BCUT2D eigenvalue weighted by Crippen LogP contribution is 2.18. The molecule has 0 aliphatic heterocycles. The molecule has 0 aliphatic carbocycles. The van der Waals surface area contributed by atoms with Crippen LogP contribution in [0.1, 0.15) is 23.6 Å². The van der Waals surface area contributed by atoms with Gasteiger partial charge in [-0.3, -0.25) is 0 Å². The lowest BCUT2D eigenvalue weighted by molar-refractivity contribution is 0.942.